The topological polar surface area (TPSA) is 69.3 Å². The second kappa shape index (κ2) is 9.77. The van der Waals surface area contributed by atoms with Gasteiger partial charge in [0, 0.05) is 25.7 Å². The molecule has 1 atom stereocenters. The van der Waals surface area contributed by atoms with E-state index in [0.29, 0.717) is 20.7 Å². The molecule has 176 valence electrons. The molecule has 34 heavy (non-hydrogen) atoms. The summed E-state index contributed by atoms with van der Waals surface area (Å²) in [5, 5.41) is 9.68. The Labute approximate surface area is 209 Å². The van der Waals surface area contributed by atoms with E-state index in [4.69, 9.17) is 12.2 Å². The highest BCUT2D eigenvalue weighted by molar-refractivity contribution is 8.26. The van der Waals surface area contributed by atoms with Crippen molar-refractivity contribution in [3.63, 3.8) is 0 Å². The number of carbonyl (C=O) groups excluding carboxylic acids is 1. The minimum atomic E-state index is -0.309. The fourth-order valence-corrected chi connectivity index (χ4v) is 6.04. The van der Waals surface area contributed by atoms with Gasteiger partial charge in [0.1, 0.15) is 21.8 Å². The monoisotopic (exact) mass is 492 g/mol. The molecule has 0 spiro atoms. The van der Waals surface area contributed by atoms with Gasteiger partial charge < -0.3 is 4.90 Å². The molecule has 0 N–H and O–H groups in total. The summed E-state index contributed by atoms with van der Waals surface area (Å²) in [5.41, 5.74) is 2.14. The normalized spacial score (nSPS) is 19.1. The summed E-state index contributed by atoms with van der Waals surface area (Å²) in [5.74, 6) is 1.23. The number of hydrogen-bond acceptors (Lipinski definition) is 6. The minimum absolute atomic E-state index is 0.107. The average Bonchev–Trinajstić information content (AvgIpc) is 3.11. The Morgan fingerprint density at radius 1 is 1.21 bits per heavy atom. The molecule has 0 aliphatic carbocycles. The molecular weight excluding hydrogens is 464 g/mol. The molecule has 2 aliphatic rings. The van der Waals surface area contributed by atoms with Crippen molar-refractivity contribution in [2.45, 2.75) is 39.7 Å². The lowest BCUT2D eigenvalue weighted by molar-refractivity contribution is -0.123. The first-order valence-electron chi connectivity index (χ1n) is 11.4. The van der Waals surface area contributed by atoms with Crippen molar-refractivity contribution in [2.75, 3.05) is 18.0 Å². The van der Waals surface area contributed by atoms with Gasteiger partial charge in [-0.3, -0.25) is 19.1 Å². The number of nitrogens with zero attached hydrogens (tertiary/aromatic N) is 4. The van der Waals surface area contributed by atoms with Crippen LogP contribution in [0.1, 0.15) is 55.0 Å². The smallest absolute Gasteiger partial charge is 0.270 e. The van der Waals surface area contributed by atoms with E-state index in [-0.39, 0.29) is 23.1 Å². The number of carbonyl (C=O) groups is 1. The number of rotatable bonds is 4. The molecule has 1 unspecified atom stereocenters. The molecule has 6 nitrogen and oxygen atoms in total. The molecule has 1 aromatic carbocycles. The van der Waals surface area contributed by atoms with Crippen molar-refractivity contribution in [1.82, 2.24) is 9.47 Å². The van der Waals surface area contributed by atoms with E-state index in [9.17, 15) is 14.9 Å². The van der Waals surface area contributed by atoms with Crippen molar-refractivity contribution in [1.29, 1.82) is 5.26 Å². The number of thioether (sulfide) groups is 1. The number of thiocarbonyl (C=S) groups is 1. The summed E-state index contributed by atoms with van der Waals surface area (Å²) in [6, 6.07) is 11.7. The van der Waals surface area contributed by atoms with Gasteiger partial charge in [-0.05, 0) is 49.8 Å². The maximum absolute atomic E-state index is 13.5. The quantitative estimate of drug-likeness (QED) is 0.453. The predicted molar refractivity (Wildman–Crippen MR) is 142 cm³/mol. The first kappa shape index (κ1) is 24.2. The van der Waals surface area contributed by atoms with Gasteiger partial charge in [-0.25, -0.2) is 0 Å². The van der Waals surface area contributed by atoms with Gasteiger partial charge in [0.05, 0.1) is 10.9 Å². The number of piperidine rings is 1. The number of benzene rings is 1. The molecule has 1 amide bonds. The third kappa shape index (κ3) is 4.30. The van der Waals surface area contributed by atoms with Crippen molar-refractivity contribution in [2.24, 2.45) is 13.0 Å². The van der Waals surface area contributed by atoms with E-state index in [1.165, 1.54) is 11.8 Å². The van der Waals surface area contributed by atoms with E-state index in [1.54, 1.807) is 23.4 Å². The van der Waals surface area contributed by atoms with Crippen LogP contribution < -0.4 is 10.5 Å². The summed E-state index contributed by atoms with van der Waals surface area (Å²) < 4.78 is 2.06. The van der Waals surface area contributed by atoms with Crippen LogP contribution in [0.25, 0.3) is 6.08 Å². The molecule has 0 saturated carbocycles. The Bertz CT molecular complexity index is 1270. The van der Waals surface area contributed by atoms with Crippen LogP contribution in [-0.2, 0) is 11.8 Å². The zero-order valence-electron chi connectivity index (χ0n) is 19.9. The van der Waals surface area contributed by atoms with E-state index >= 15 is 0 Å². The zero-order valence-corrected chi connectivity index (χ0v) is 21.5. The first-order valence-corrected chi connectivity index (χ1v) is 12.7. The van der Waals surface area contributed by atoms with Gasteiger partial charge in [0.2, 0.25) is 0 Å². The Hall–Kier alpha value is -2.89. The Balaban J connectivity index is 1.80. The summed E-state index contributed by atoms with van der Waals surface area (Å²) in [6.45, 7) is 7.64. The van der Waals surface area contributed by atoms with E-state index < -0.39 is 0 Å². The van der Waals surface area contributed by atoms with Gasteiger partial charge >= 0.3 is 0 Å². The predicted octanol–water partition coefficient (Wildman–Crippen LogP) is 4.76. The molecule has 2 fully saturated rings. The van der Waals surface area contributed by atoms with Crippen LogP contribution in [0.15, 0.2) is 40.0 Å². The molecule has 1 aromatic heterocycles. The third-order valence-corrected chi connectivity index (χ3v) is 8.15. The molecule has 3 heterocycles. The lowest BCUT2D eigenvalue weighted by atomic mass is 9.97. The highest BCUT2D eigenvalue weighted by Gasteiger charge is 2.36. The van der Waals surface area contributed by atoms with Gasteiger partial charge in [-0.1, -0.05) is 61.2 Å². The van der Waals surface area contributed by atoms with Crippen LogP contribution in [0.2, 0.25) is 0 Å². The largest absolute Gasteiger partial charge is 0.357 e. The summed E-state index contributed by atoms with van der Waals surface area (Å²) in [7, 11) is 1.70. The van der Waals surface area contributed by atoms with Crippen LogP contribution in [0.4, 0.5) is 5.82 Å². The van der Waals surface area contributed by atoms with Gasteiger partial charge in [0.25, 0.3) is 11.5 Å². The SMILES string of the molecule is Cc1c(/C=C2\SC(=S)N(C(C)c3ccccc3)C2=O)c(N2CCC(C)CC2)n(C)c(=O)c1C#N. The number of pyridine rings is 1. The highest BCUT2D eigenvalue weighted by atomic mass is 32.2. The molecule has 2 aliphatic heterocycles. The second-order valence-corrected chi connectivity index (χ2v) is 10.7. The van der Waals surface area contributed by atoms with E-state index in [0.717, 1.165) is 42.9 Å². The standard InChI is InChI=1S/C26H28N4O2S2/c1-16-10-12-29(13-11-16)23-20(17(2)21(15-27)24(31)28(23)4)14-22-25(32)30(26(33)34-22)18(3)19-8-6-5-7-9-19/h5-9,14,16,18H,10-13H2,1-4H3/b22-14-. The van der Waals surface area contributed by atoms with E-state index in [1.807, 2.05) is 43.3 Å². The van der Waals surface area contributed by atoms with Gasteiger partial charge in [0.15, 0.2) is 0 Å². The minimum Gasteiger partial charge on any atom is -0.357 e. The third-order valence-electron chi connectivity index (χ3n) is 6.82. The average molecular weight is 493 g/mol. The summed E-state index contributed by atoms with van der Waals surface area (Å²) in [6.07, 6.45) is 3.88. The number of nitriles is 1. The van der Waals surface area contributed by atoms with Crippen LogP contribution in [0, 0.1) is 24.2 Å². The lowest BCUT2D eigenvalue weighted by Gasteiger charge is -2.34. The zero-order chi connectivity index (χ0) is 24.6. The Kier molecular flexibility index (Phi) is 6.96. The maximum Gasteiger partial charge on any atom is 0.270 e. The second-order valence-electron chi connectivity index (χ2n) is 9.02. The maximum atomic E-state index is 13.5. The van der Waals surface area contributed by atoms with E-state index in [2.05, 4.69) is 17.9 Å². The van der Waals surface area contributed by atoms with Gasteiger partial charge in [-0.15, -0.1) is 0 Å². The van der Waals surface area contributed by atoms with Crippen molar-refractivity contribution in [3.05, 3.63) is 67.8 Å². The number of hydrogen-bond donors (Lipinski definition) is 0. The molecule has 2 aromatic rings. The molecule has 8 heteroatoms. The summed E-state index contributed by atoms with van der Waals surface area (Å²) >= 11 is 6.86. The molecule has 0 bridgehead atoms. The Morgan fingerprint density at radius 2 is 1.85 bits per heavy atom. The summed E-state index contributed by atoms with van der Waals surface area (Å²) in [4.78, 5) is 30.8. The van der Waals surface area contributed by atoms with Crippen LogP contribution >= 0.6 is 24.0 Å². The van der Waals surface area contributed by atoms with Crippen LogP contribution in [-0.4, -0.2) is 32.8 Å². The molecule has 4 rings (SSSR count). The number of aromatic nitrogens is 1. The van der Waals surface area contributed by atoms with Crippen LogP contribution in [0.3, 0.4) is 0 Å². The number of amides is 1. The van der Waals surface area contributed by atoms with Crippen molar-refractivity contribution in [3.8, 4) is 6.07 Å². The van der Waals surface area contributed by atoms with Crippen molar-refractivity contribution >= 4 is 46.1 Å². The Morgan fingerprint density at radius 3 is 2.47 bits per heavy atom. The fourth-order valence-electron chi connectivity index (χ4n) is 4.64. The van der Waals surface area contributed by atoms with Gasteiger partial charge in [-0.2, -0.15) is 5.26 Å². The molecule has 0 radical (unpaired) electrons. The fraction of sp³-hybridized carbons (Fsp3) is 0.385. The lowest BCUT2D eigenvalue weighted by Crippen LogP contribution is -2.38. The highest BCUT2D eigenvalue weighted by Crippen LogP contribution is 2.40. The first-order chi connectivity index (χ1) is 16.2. The molecule has 2 saturated heterocycles. The molecular formula is C26H28N4O2S2. The number of anilines is 1. The van der Waals surface area contributed by atoms with Crippen molar-refractivity contribution < 1.29 is 4.79 Å². The van der Waals surface area contributed by atoms with Crippen LogP contribution in [0.5, 0.6) is 0 Å².